The Balaban J connectivity index is 1.40. The number of rotatable bonds is 9. The molecule has 1 aliphatic carbocycles. The molecule has 1 spiro atoms. The Morgan fingerprint density at radius 1 is 1.28 bits per heavy atom. The number of ether oxygens (including phenoxy) is 1. The Hall–Kier alpha value is -2.57. The molecule has 1 heterocycles. The van der Waals surface area contributed by atoms with Crippen LogP contribution in [0.15, 0.2) is 24.3 Å². The van der Waals surface area contributed by atoms with Gasteiger partial charge in [0.05, 0.1) is 0 Å². The van der Waals surface area contributed by atoms with E-state index in [0.717, 1.165) is 43.4 Å². The third-order valence-corrected chi connectivity index (χ3v) is 6.00. The van der Waals surface area contributed by atoms with Gasteiger partial charge in [-0.15, -0.1) is 0 Å². The van der Waals surface area contributed by atoms with E-state index in [-0.39, 0.29) is 24.5 Å². The summed E-state index contributed by atoms with van der Waals surface area (Å²) in [7, 11) is 0. The van der Waals surface area contributed by atoms with E-state index >= 15 is 0 Å². The van der Waals surface area contributed by atoms with Gasteiger partial charge < -0.3 is 15.4 Å². The number of para-hydroxylation sites is 1. The Kier molecular flexibility index (Phi) is 6.77. The SMILES string of the molecule is CCC(C)c1ccccc1OCC(=O)NCCCN1C(=O)NC2(CCCC2)C1=O. The first-order valence-electron chi connectivity index (χ1n) is 10.6. The smallest absolute Gasteiger partial charge is 0.325 e. The van der Waals surface area contributed by atoms with Crippen LogP contribution in [-0.2, 0) is 9.59 Å². The second-order valence-electron chi connectivity index (χ2n) is 8.02. The van der Waals surface area contributed by atoms with Crippen LogP contribution in [0.4, 0.5) is 4.79 Å². The maximum absolute atomic E-state index is 12.6. The fourth-order valence-corrected chi connectivity index (χ4v) is 4.10. The zero-order valence-electron chi connectivity index (χ0n) is 17.3. The summed E-state index contributed by atoms with van der Waals surface area (Å²) in [6.07, 6.45) is 4.90. The molecule has 4 amide bonds. The summed E-state index contributed by atoms with van der Waals surface area (Å²) >= 11 is 0. The van der Waals surface area contributed by atoms with Gasteiger partial charge in [-0.05, 0) is 43.2 Å². The maximum Gasteiger partial charge on any atom is 0.325 e. The van der Waals surface area contributed by atoms with Crippen LogP contribution in [0.1, 0.15) is 63.9 Å². The van der Waals surface area contributed by atoms with Crippen LogP contribution in [0.3, 0.4) is 0 Å². The number of hydrogen-bond acceptors (Lipinski definition) is 4. The summed E-state index contributed by atoms with van der Waals surface area (Å²) < 4.78 is 5.71. The average molecular weight is 402 g/mol. The first-order chi connectivity index (χ1) is 14.0. The van der Waals surface area contributed by atoms with Crippen molar-refractivity contribution in [2.45, 2.75) is 63.8 Å². The van der Waals surface area contributed by atoms with Crippen LogP contribution in [-0.4, -0.2) is 48.0 Å². The fraction of sp³-hybridized carbons (Fsp3) is 0.591. The molecule has 2 fully saturated rings. The van der Waals surface area contributed by atoms with Gasteiger partial charge in [0, 0.05) is 13.1 Å². The number of urea groups is 1. The number of carbonyl (C=O) groups excluding carboxylic acids is 3. The molecule has 29 heavy (non-hydrogen) atoms. The van der Waals surface area contributed by atoms with E-state index in [9.17, 15) is 14.4 Å². The summed E-state index contributed by atoms with van der Waals surface area (Å²) in [6.45, 7) is 4.89. The summed E-state index contributed by atoms with van der Waals surface area (Å²) in [4.78, 5) is 38.1. The minimum absolute atomic E-state index is 0.0559. The lowest BCUT2D eigenvalue weighted by Crippen LogP contribution is -2.44. The predicted molar refractivity (Wildman–Crippen MR) is 110 cm³/mol. The van der Waals surface area contributed by atoms with Gasteiger partial charge in [0.1, 0.15) is 11.3 Å². The number of imide groups is 1. The van der Waals surface area contributed by atoms with Crippen molar-refractivity contribution in [1.29, 1.82) is 0 Å². The largest absolute Gasteiger partial charge is 0.483 e. The van der Waals surface area contributed by atoms with Gasteiger partial charge in [-0.25, -0.2) is 4.79 Å². The number of hydrogen-bond donors (Lipinski definition) is 2. The van der Waals surface area contributed by atoms with Crippen LogP contribution in [0.2, 0.25) is 0 Å². The number of nitrogens with one attached hydrogen (secondary N) is 2. The van der Waals surface area contributed by atoms with Crippen LogP contribution in [0, 0.1) is 0 Å². The molecule has 7 heteroatoms. The minimum atomic E-state index is -0.669. The van der Waals surface area contributed by atoms with E-state index < -0.39 is 5.54 Å². The third-order valence-electron chi connectivity index (χ3n) is 6.00. The van der Waals surface area contributed by atoms with Crippen LogP contribution >= 0.6 is 0 Å². The van der Waals surface area contributed by atoms with Gasteiger partial charge in [-0.2, -0.15) is 0 Å². The summed E-state index contributed by atoms with van der Waals surface area (Å²) in [6, 6.07) is 7.46. The van der Waals surface area contributed by atoms with Crippen molar-refractivity contribution in [1.82, 2.24) is 15.5 Å². The Morgan fingerprint density at radius 3 is 2.72 bits per heavy atom. The van der Waals surface area contributed by atoms with Gasteiger partial charge in [0.15, 0.2) is 6.61 Å². The molecule has 1 unspecified atom stereocenters. The van der Waals surface area contributed by atoms with Crippen molar-refractivity contribution >= 4 is 17.8 Å². The molecule has 1 aliphatic heterocycles. The molecule has 1 aromatic rings. The molecule has 1 aromatic carbocycles. The van der Waals surface area contributed by atoms with Crippen molar-refractivity contribution in [2.24, 2.45) is 0 Å². The Bertz CT molecular complexity index is 758. The maximum atomic E-state index is 12.6. The highest BCUT2D eigenvalue weighted by molar-refractivity contribution is 6.07. The van der Waals surface area contributed by atoms with E-state index in [2.05, 4.69) is 24.5 Å². The lowest BCUT2D eigenvalue weighted by atomic mass is 9.98. The molecule has 158 valence electrons. The molecule has 0 bridgehead atoms. The van der Waals surface area contributed by atoms with Crippen molar-refractivity contribution in [3.05, 3.63) is 29.8 Å². The quantitative estimate of drug-likeness (QED) is 0.492. The highest BCUT2D eigenvalue weighted by Gasteiger charge is 2.51. The number of amides is 4. The monoisotopic (exact) mass is 401 g/mol. The molecule has 1 atom stereocenters. The Morgan fingerprint density at radius 2 is 2.00 bits per heavy atom. The zero-order valence-corrected chi connectivity index (χ0v) is 17.3. The molecule has 3 rings (SSSR count). The van der Waals surface area contributed by atoms with Gasteiger partial charge in [0.2, 0.25) is 0 Å². The zero-order chi connectivity index (χ0) is 20.9. The van der Waals surface area contributed by atoms with Gasteiger partial charge in [-0.1, -0.05) is 44.9 Å². The molecule has 1 saturated carbocycles. The normalized spacial score (nSPS) is 18.8. The molecular formula is C22H31N3O4. The molecular weight excluding hydrogens is 370 g/mol. The average Bonchev–Trinajstić information content (AvgIpc) is 3.29. The van der Waals surface area contributed by atoms with Gasteiger partial charge in [-0.3, -0.25) is 14.5 Å². The predicted octanol–water partition coefficient (Wildman–Crippen LogP) is 2.95. The van der Waals surface area contributed by atoms with Crippen molar-refractivity contribution in [3.63, 3.8) is 0 Å². The highest BCUT2D eigenvalue weighted by Crippen LogP contribution is 2.35. The molecule has 0 radical (unpaired) electrons. The minimum Gasteiger partial charge on any atom is -0.483 e. The molecule has 2 N–H and O–H groups in total. The first-order valence-corrected chi connectivity index (χ1v) is 10.6. The van der Waals surface area contributed by atoms with Gasteiger partial charge in [0.25, 0.3) is 11.8 Å². The van der Waals surface area contributed by atoms with E-state index in [0.29, 0.717) is 25.4 Å². The van der Waals surface area contributed by atoms with Crippen molar-refractivity contribution in [3.8, 4) is 5.75 Å². The first kappa shape index (κ1) is 21.1. The number of carbonyl (C=O) groups is 3. The second kappa shape index (κ2) is 9.29. The lowest BCUT2D eigenvalue weighted by Gasteiger charge is -2.20. The van der Waals surface area contributed by atoms with Crippen molar-refractivity contribution in [2.75, 3.05) is 19.7 Å². The highest BCUT2D eigenvalue weighted by atomic mass is 16.5. The van der Waals surface area contributed by atoms with Crippen LogP contribution in [0.25, 0.3) is 0 Å². The third kappa shape index (κ3) is 4.71. The number of nitrogens with zero attached hydrogens (tertiary/aromatic N) is 1. The van der Waals surface area contributed by atoms with E-state index in [1.54, 1.807) is 0 Å². The molecule has 2 aliphatic rings. The lowest BCUT2D eigenvalue weighted by molar-refractivity contribution is -0.131. The van der Waals surface area contributed by atoms with Crippen LogP contribution in [0.5, 0.6) is 5.75 Å². The standard InChI is InChI=1S/C22H31N3O4/c1-3-16(2)17-9-4-5-10-18(17)29-15-19(26)23-13-8-14-25-20(27)22(24-21(25)28)11-6-7-12-22/h4-5,9-10,16H,3,6-8,11-15H2,1-2H3,(H,23,26)(H,24,28). The molecule has 1 saturated heterocycles. The topological polar surface area (TPSA) is 87.7 Å². The second-order valence-corrected chi connectivity index (χ2v) is 8.02. The number of benzene rings is 1. The van der Waals surface area contributed by atoms with E-state index in [4.69, 9.17) is 4.74 Å². The van der Waals surface area contributed by atoms with E-state index in [1.807, 2.05) is 24.3 Å². The Labute approximate surface area is 172 Å². The van der Waals surface area contributed by atoms with Crippen molar-refractivity contribution < 1.29 is 19.1 Å². The molecule has 0 aromatic heterocycles. The van der Waals surface area contributed by atoms with E-state index in [1.165, 1.54) is 4.90 Å². The molecule has 7 nitrogen and oxygen atoms in total. The summed E-state index contributed by atoms with van der Waals surface area (Å²) in [5, 5.41) is 5.66. The fourth-order valence-electron chi connectivity index (χ4n) is 4.10. The van der Waals surface area contributed by atoms with Gasteiger partial charge >= 0.3 is 6.03 Å². The van der Waals surface area contributed by atoms with Crippen LogP contribution < -0.4 is 15.4 Å². The summed E-state index contributed by atoms with van der Waals surface area (Å²) in [5.41, 5.74) is 0.430. The summed E-state index contributed by atoms with van der Waals surface area (Å²) in [5.74, 6) is 0.768.